The molecule has 1 N–H and O–H groups in total. The lowest BCUT2D eigenvalue weighted by atomic mass is 10.2. The lowest BCUT2D eigenvalue weighted by Crippen LogP contribution is -3.11. The molecule has 0 aromatic heterocycles. The van der Waals surface area contributed by atoms with Crippen LogP contribution in [0.5, 0.6) is 0 Å². The molecule has 98 valence electrons. The normalized spacial score (nSPS) is 16.5. The molecule has 4 nitrogen and oxygen atoms in total. The molecule has 0 radical (unpaired) electrons. The fourth-order valence-electron chi connectivity index (χ4n) is 2.42. The van der Waals surface area contributed by atoms with Crippen LogP contribution in [0.4, 0.5) is 5.69 Å². The van der Waals surface area contributed by atoms with E-state index in [9.17, 15) is 10.1 Å². The molecule has 0 saturated heterocycles. The molecule has 4 heteroatoms. The van der Waals surface area contributed by atoms with E-state index in [1.54, 1.807) is 23.1 Å². The van der Waals surface area contributed by atoms with Gasteiger partial charge >= 0.3 is 0 Å². The maximum Gasteiger partial charge on any atom is 0.269 e. The Bertz CT molecular complexity index is 416. The third-order valence-corrected chi connectivity index (χ3v) is 3.45. The zero-order chi connectivity index (χ0) is 13.0. The molecule has 0 amide bonds. The first-order valence-corrected chi connectivity index (χ1v) is 6.76. The summed E-state index contributed by atoms with van der Waals surface area (Å²) in [5, 5.41) is 10.8. The van der Waals surface area contributed by atoms with Gasteiger partial charge in [0.25, 0.3) is 5.69 Å². The second kappa shape index (κ2) is 5.96. The minimum absolute atomic E-state index is 0.203. The maximum atomic E-state index is 10.8. The number of nitro benzene ring substituents is 1. The van der Waals surface area contributed by atoms with Crippen molar-refractivity contribution in [1.82, 2.24) is 0 Å². The highest BCUT2D eigenvalue weighted by Crippen LogP contribution is 2.26. The molecule has 1 atom stereocenters. The number of benzene rings is 1. The van der Waals surface area contributed by atoms with E-state index in [1.807, 2.05) is 6.07 Å². The van der Waals surface area contributed by atoms with Gasteiger partial charge in [-0.3, -0.25) is 10.1 Å². The average molecular weight is 249 g/mol. The monoisotopic (exact) mass is 249 g/mol. The van der Waals surface area contributed by atoms with Crippen molar-refractivity contribution in [2.24, 2.45) is 5.92 Å². The van der Waals surface area contributed by atoms with Crippen molar-refractivity contribution < 1.29 is 9.82 Å². The van der Waals surface area contributed by atoms with Crippen LogP contribution in [-0.2, 0) is 6.54 Å². The predicted molar refractivity (Wildman–Crippen MR) is 70.5 cm³/mol. The summed E-state index contributed by atoms with van der Waals surface area (Å²) in [6.45, 7) is 5.47. The van der Waals surface area contributed by atoms with Crippen LogP contribution < -0.4 is 4.90 Å². The molecular formula is C14H21N2O2+. The molecule has 2 rings (SSSR count). The van der Waals surface area contributed by atoms with Gasteiger partial charge in [-0.1, -0.05) is 19.1 Å². The summed E-state index contributed by atoms with van der Waals surface area (Å²) in [6, 6.07) is 7.05. The number of nitrogens with zero attached hydrogens (tertiary/aromatic N) is 1. The zero-order valence-electron chi connectivity index (χ0n) is 10.9. The first kappa shape index (κ1) is 13.0. The van der Waals surface area contributed by atoms with Gasteiger partial charge in [0.2, 0.25) is 0 Å². The number of hydrogen-bond donors (Lipinski definition) is 1. The second-order valence-electron chi connectivity index (χ2n) is 5.25. The zero-order valence-corrected chi connectivity index (χ0v) is 10.9. The van der Waals surface area contributed by atoms with Crippen molar-refractivity contribution in [3.05, 3.63) is 39.9 Å². The Hall–Kier alpha value is -1.42. The van der Waals surface area contributed by atoms with E-state index >= 15 is 0 Å². The van der Waals surface area contributed by atoms with E-state index in [-0.39, 0.29) is 10.6 Å². The number of non-ortho nitro benzene ring substituents is 1. The van der Waals surface area contributed by atoms with Crippen LogP contribution in [0.1, 0.15) is 31.7 Å². The van der Waals surface area contributed by atoms with Gasteiger partial charge in [-0.05, 0) is 19.3 Å². The molecule has 0 aliphatic heterocycles. The third-order valence-electron chi connectivity index (χ3n) is 3.45. The van der Waals surface area contributed by atoms with Crippen LogP contribution in [0.2, 0.25) is 0 Å². The summed E-state index contributed by atoms with van der Waals surface area (Å²) < 4.78 is 0. The molecule has 1 fully saturated rings. The molecule has 0 heterocycles. The van der Waals surface area contributed by atoms with E-state index in [1.165, 1.54) is 19.4 Å². The van der Waals surface area contributed by atoms with Crippen LogP contribution in [0.3, 0.4) is 0 Å². The van der Waals surface area contributed by atoms with Crippen LogP contribution in [0.15, 0.2) is 24.3 Å². The van der Waals surface area contributed by atoms with Crippen LogP contribution in [-0.4, -0.2) is 18.0 Å². The average Bonchev–Trinajstić information content (AvgIpc) is 3.13. The topological polar surface area (TPSA) is 47.6 Å². The number of hydrogen-bond acceptors (Lipinski definition) is 2. The van der Waals surface area contributed by atoms with Gasteiger partial charge in [-0.15, -0.1) is 0 Å². The molecule has 1 aromatic carbocycles. The summed E-state index contributed by atoms with van der Waals surface area (Å²) in [5.74, 6) is 0.894. The molecule has 1 unspecified atom stereocenters. The molecule has 0 spiro atoms. The fourth-order valence-corrected chi connectivity index (χ4v) is 2.42. The fraction of sp³-hybridized carbons (Fsp3) is 0.571. The standard InChI is InChI=1S/C14H20N2O2/c1-2-8-15(10-12-6-7-12)11-13-4-3-5-14(9-13)16(17)18/h3-5,9,12H,2,6-8,10-11H2,1H3/p+1. The lowest BCUT2D eigenvalue weighted by molar-refractivity contribution is -0.915. The van der Waals surface area contributed by atoms with Crippen molar-refractivity contribution in [3.63, 3.8) is 0 Å². The molecule has 18 heavy (non-hydrogen) atoms. The van der Waals surface area contributed by atoms with Crippen molar-refractivity contribution in [2.75, 3.05) is 13.1 Å². The highest BCUT2D eigenvalue weighted by atomic mass is 16.6. The first-order chi connectivity index (χ1) is 8.69. The summed E-state index contributed by atoms with van der Waals surface area (Å²) in [5.41, 5.74) is 1.28. The molecule has 1 aliphatic rings. The van der Waals surface area contributed by atoms with Gasteiger partial charge in [0.15, 0.2) is 0 Å². The van der Waals surface area contributed by atoms with Crippen molar-refractivity contribution in [3.8, 4) is 0 Å². The molecule has 1 aromatic rings. The Balaban J connectivity index is 2.00. The Labute approximate surface area is 108 Å². The smallest absolute Gasteiger partial charge is 0.269 e. The Morgan fingerprint density at radius 2 is 2.22 bits per heavy atom. The first-order valence-electron chi connectivity index (χ1n) is 6.76. The second-order valence-corrected chi connectivity index (χ2v) is 5.25. The summed E-state index contributed by atoms with van der Waals surface area (Å²) in [7, 11) is 0. The molecular weight excluding hydrogens is 228 g/mol. The number of nitro groups is 1. The van der Waals surface area contributed by atoms with Crippen LogP contribution >= 0.6 is 0 Å². The predicted octanol–water partition coefficient (Wildman–Crippen LogP) is 1.80. The minimum Gasteiger partial charge on any atom is -0.331 e. The number of quaternary nitrogens is 1. The Morgan fingerprint density at radius 1 is 1.44 bits per heavy atom. The van der Waals surface area contributed by atoms with Gasteiger partial charge in [0.1, 0.15) is 6.54 Å². The highest BCUT2D eigenvalue weighted by Gasteiger charge is 2.26. The Kier molecular flexibility index (Phi) is 4.31. The third kappa shape index (κ3) is 3.81. The van der Waals surface area contributed by atoms with Gasteiger partial charge in [-0.2, -0.15) is 0 Å². The van der Waals surface area contributed by atoms with Crippen molar-refractivity contribution >= 4 is 5.69 Å². The van der Waals surface area contributed by atoms with Gasteiger partial charge in [0, 0.05) is 23.6 Å². The van der Waals surface area contributed by atoms with Crippen molar-refractivity contribution in [1.29, 1.82) is 0 Å². The van der Waals surface area contributed by atoms with Crippen molar-refractivity contribution in [2.45, 2.75) is 32.7 Å². The minimum atomic E-state index is -0.316. The maximum absolute atomic E-state index is 10.8. The van der Waals surface area contributed by atoms with Gasteiger partial charge < -0.3 is 4.90 Å². The van der Waals surface area contributed by atoms with Gasteiger partial charge in [0.05, 0.1) is 18.0 Å². The largest absolute Gasteiger partial charge is 0.331 e. The molecule has 0 bridgehead atoms. The summed E-state index contributed by atoms with van der Waals surface area (Å²) in [4.78, 5) is 12.0. The van der Waals surface area contributed by atoms with Gasteiger partial charge in [-0.25, -0.2) is 0 Å². The van der Waals surface area contributed by atoms with Crippen LogP contribution in [0.25, 0.3) is 0 Å². The number of rotatable bonds is 7. The SMILES string of the molecule is CCC[NH+](Cc1cccc([N+](=O)[O-])c1)CC1CC1. The van der Waals surface area contributed by atoms with E-state index in [0.717, 1.165) is 31.0 Å². The number of nitrogens with one attached hydrogen (secondary N) is 1. The summed E-state index contributed by atoms with van der Waals surface area (Å²) in [6.07, 6.45) is 3.89. The van der Waals surface area contributed by atoms with E-state index in [2.05, 4.69) is 6.92 Å². The molecule has 1 saturated carbocycles. The Morgan fingerprint density at radius 3 is 2.83 bits per heavy atom. The van der Waals surface area contributed by atoms with E-state index in [0.29, 0.717) is 0 Å². The van der Waals surface area contributed by atoms with E-state index < -0.39 is 0 Å². The molecule has 1 aliphatic carbocycles. The summed E-state index contributed by atoms with van der Waals surface area (Å²) >= 11 is 0. The quantitative estimate of drug-likeness (QED) is 0.591. The van der Waals surface area contributed by atoms with Crippen LogP contribution in [0, 0.1) is 16.0 Å². The highest BCUT2D eigenvalue weighted by molar-refractivity contribution is 5.33. The van der Waals surface area contributed by atoms with E-state index in [4.69, 9.17) is 0 Å². The lowest BCUT2D eigenvalue weighted by Gasteiger charge is -2.18.